The Morgan fingerprint density at radius 1 is 1.31 bits per heavy atom. The van der Waals surface area contributed by atoms with Gasteiger partial charge in [0, 0.05) is 19.8 Å². The highest BCUT2D eigenvalue weighted by molar-refractivity contribution is 5.97. The maximum atomic E-state index is 13.1. The zero-order valence-electron chi connectivity index (χ0n) is 18.8. The second-order valence-electron chi connectivity index (χ2n) is 8.46. The molecule has 9 nitrogen and oxygen atoms in total. The molecule has 0 saturated heterocycles. The SMILES string of the molecule is C=NN=CC1=CC=CC(NC(=O)c2cc3c(cc2OC)CCN(C(=O)OC(C)(C)C)C3)N1. The van der Waals surface area contributed by atoms with Gasteiger partial charge in [-0.25, -0.2) is 4.79 Å². The van der Waals surface area contributed by atoms with Crippen LogP contribution in [0.3, 0.4) is 0 Å². The summed E-state index contributed by atoms with van der Waals surface area (Å²) in [5.74, 6) is 0.182. The van der Waals surface area contributed by atoms with Crippen molar-refractivity contribution in [1.82, 2.24) is 15.5 Å². The molecule has 3 rings (SSSR count). The number of nitrogens with one attached hydrogen (secondary N) is 2. The second-order valence-corrected chi connectivity index (χ2v) is 8.46. The van der Waals surface area contributed by atoms with E-state index >= 15 is 0 Å². The lowest BCUT2D eigenvalue weighted by Crippen LogP contribution is -2.45. The molecule has 1 unspecified atom stereocenters. The number of benzene rings is 1. The fourth-order valence-electron chi connectivity index (χ4n) is 3.45. The number of hydrogen-bond acceptors (Lipinski definition) is 7. The lowest BCUT2D eigenvalue weighted by Gasteiger charge is -2.31. The number of rotatable bonds is 5. The monoisotopic (exact) mass is 439 g/mol. The van der Waals surface area contributed by atoms with E-state index < -0.39 is 11.8 Å². The third kappa shape index (κ3) is 5.75. The molecular weight excluding hydrogens is 410 g/mol. The van der Waals surface area contributed by atoms with Crippen molar-refractivity contribution in [2.45, 2.75) is 45.5 Å². The minimum atomic E-state index is -0.567. The van der Waals surface area contributed by atoms with Gasteiger partial charge in [0.15, 0.2) is 0 Å². The Kier molecular flexibility index (Phi) is 6.97. The zero-order valence-corrected chi connectivity index (χ0v) is 18.8. The molecule has 1 aromatic rings. The number of amides is 2. The first kappa shape index (κ1) is 23.1. The van der Waals surface area contributed by atoms with Crippen LogP contribution >= 0.6 is 0 Å². The van der Waals surface area contributed by atoms with Gasteiger partial charge in [-0.05, 0) is 62.6 Å². The number of hydrogen-bond donors (Lipinski definition) is 2. The van der Waals surface area contributed by atoms with Crippen molar-refractivity contribution in [3.05, 3.63) is 52.7 Å². The molecule has 0 aliphatic carbocycles. The summed E-state index contributed by atoms with van der Waals surface area (Å²) < 4.78 is 11.0. The molecule has 2 N–H and O–H groups in total. The Balaban J connectivity index is 1.76. The molecule has 0 spiro atoms. The summed E-state index contributed by atoms with van der Waals surface area (Å²) >= 11 is 0. The van der Waals surface area contributed by atoms with Crippen molar-refractivity contribution < 1.29 is 19.1 Å². The van der Waals surface area contributed by atoms with Crippen LogP contribution in [0, 0.1) is 0 Å². The molecule has 0 fully saturated rings. The zero-order chi connectivity index (χ0) is 23.3. The minimum absolute atomic E-state index is 0.304. The first-order valence-corrected chi connectivity index (χ1v) is 10.3. The van der Waals surface area contributed by atoms with Crippen LogP contribution in [0.4, 0.5) is 4.79 Å². The lowest BCUT2D eigenvalue weighted by atomic mass is 9.96. The van der Waals surface area contributed by atoms with E-state index in [0.29, 0.717) is 36.5 Å². The van der Waals surface area contributed by atoms with Crippen molar-refractivity contribution in [2.24, 2.45) is 10.2 Å². The first-order valence-electron chi connectivity index (χ1n) is 10.3. The van der Waals surface area contributed by atoms with Gasteiger partial charge in [-0.1, -0.05) is 6.08 Å². The predicted octanol–water partition coefficient (Wildman–Crippen LogP) is 2.77. The largest absolute Gasteiger partial charge is 0.496 e. The number of fused-ring (bicyclic) bond motifs is 1. The molecule has 9 heteroatoms. The van der Waals surface area contributed by atoms with E-state index in [4.69, 9.17) is 9.47 Å². The maximum Gasteiger partial charge on any atom is 0.410 e. The van der Waals surface area contributed by atoms with Crippen LogP contribution in [0.5, 0.6) is 5.75 Å². The van der Waals surface area contributed by atoms with Gasteiger partial charge < -0.3 is 25.0 Å². The Morgan fingerprint density at radius 2 is 2.09 bits per heavy atom. The van der Waals surface area contributed by atoms with Crippen LogP contribution in [0.15, 0.2) is 46.3 Å². The summed E-state index contributed by atoms with van der Waals surface area (Å²) in [4.78, 5) is 27.2. The van der Waals surface area contributed by atoms with Gasteiger partial charge in [0.05, 0.1) is 24.6 Å². The van der Waals surface area contributed by atoms with Gasteiger partial charge in [0.25, 0.3) is 5.91 Å². The van der Waals surface area contributed by atoms with E-state index in [9.17, 15) is 9.59 Å². The Morgan fingerprint density at radius 3 is 2.78 bits per heavy atom. The Bertz CT molecular complexity index is 991. The van der Waals surface area contributed by atoms with Gasteiger partial charge in [0.2, 0.25) is 0 Å². The fourth-order valence-corrected chi connectivity index (χ4v) is 3.45. The standard InChI is InChI=1S/C23H29N5O4/c1-23(2,3)32-22(30)28-10-9-15-12-19(31-5)18(11-16(15)14-28)21(29)27-20-8-6-7-17(26-20)13-25-24-4/h6-8,11-13,20,26H,4,9-10,14H2,1-3,5H3,(H,27,29). The first-order chi connectivity index (χ1) is 15.2. The highest BCUT2D eigenvalue weighted by Gasteiger charge is 2.28. The summed E-state index contributed by atoms with van der Waals surface area (Å²) in [6.45, 7) is 9.73. The van der Waals surface area contributed by atoms with Crippen LogP contribution in [0.1, 0.15) is 42.3 Å². The molecule has 2 amide bonds. The minimum Gasteiger partial charge on any atom is -0.496 e. The summed E-state index contributed by atoms with van der Waals surface area (Å²) in [6, 6.07) is 3.65. The van der Waals surface area contributed by atoms with Crippen molar-refractivity contribution >= 4 is 24.9 Å². The molecule has 0 radical (unpaired) electrons. The third-order valence-electron chi connectivity index (χ3n) is 4.90. The highest BCUT2D eigenvalue weighted by Crippen LogP contribution is 2.29. The molecule has 1 aromatic carbocycles. The summed E-state index contributed by atoms with van der Waals surface area (Å²) in [5, 5.41) is 13.2. The molecule has 32 heavy (non-hydrogen) atoms. The predicted molar refractivity (Wildman–Crippen MR) is 123 cm³/mol. The van der Waals surface area contributed by atoms with E-state index in [1.54, 1.807) is 11.0 Å². The number of carbonyl (C=O) groups excluding carboxylic acids is 2. The second kappa shape index (κ2) is 9.67. The topological polar surface area (TPSA) is 105 Å². The molecular formula is C23H29N5O4. The van der Waals surface area contributed by atoms with Gasteiger partial charge in [-0.3, -0.25) is 4.79 Å². The van der Waals surface area contributed by atoms with Crippen LogP contribution < -0.4 is 15.4 Å². The van der Waals surface area contributed by atoms with Crippen molar-refractivity contribution in [3.8, 4) is 5.75 Å². The third-order valence-corrected chi connectivity index (χ3v) is 4.90. The fraction of sp³-hybridized carbons (Fsp3) is 0.391. The Hall–Kier alpha value is -3.62. The van der Waals surface area contributed by atoms with Crippen molar-refractivity contribution in [1.29, 1.82) is 0 Å². The normalized spacial score (nSPS) is 17.8. The highest BCUT2D eigenvalue weighted by atomic mass is 16.6. The van der Waals surface area contributed by atoms with E-state index in [2.05, 4.69) is 27.6 Å². The van der Waals surface area contributed by atoms with Crippen LogP contribution in [0.25, 0.3) is 0 Å². The number of methoxy groups -OCH3 is 1. The van der Waals surface area contributed by atoms with Gasteiger partial charge in [-0.2, -0.15) is 10.2 Å². The van der Waals surface area contributed by atoms with Crippen LogP contribution in [0.2, 0.25) is 0 Å². The molecule has 2 aliphatic rings. The van der Waals surface area contributed by atoms with E-state index in [1.165, 1.54) is 13.3 Å². The quantitative estimate of drug-likeness (QED) is 0.542. The number of carbonyl (C=O) groups is 2. The van der Waals surface area contributed by atoms with Crippen LogP contribution in [-0.2, 0) is 17.7 Å². The molecule has 2 aliphatic heterocycles. The van der Waals surface area contributed by atoms with Gasteiger partial charge in [-0.15, -0.1) is 0 Å². The molecule has 0 aromatic heterocycles. The van der Waals surface area contributed by atoms with E-state index in [0.717, 1.165) is 11.1 Å². The summed E-state index contributed by atoms with van der Waals surface area (Å²) in [7, 11) is 1.53. The smallest absolute Gasteiger partial charge is 0.410 e. The lowest BCUT2D eigenvalue weighted by molar-refractivity contribution is 0.0224. The van der Waals surface area contributed by atoms with E-state index in [1.807, 2.05) is 45.1 Å². The number of dihydropyridines is 1. The van der Waals surface area contributed by atoms with Gasteiger partial charge >= 0.3 is 6.09 Å². The molecule has 0 bridgehead atoms. The Labute approximate surface area is 187 Å². The molecule has 2 heterocycles. The average molecular weight is 440 g/mol. The number of nitrogens with zero attached hydrogens (tertiary/aromatic N) is 3. The molecule has 0 saturated carbocycles. The summed E-state index contributed by atoms with van der Waals surface area (Å²) in [6.07, 6.45) is 6.81. The number of ether oxygens (including phenoxy) is 2. The van der Waals surface area contributed by atoms with E-state index in [-0.39, 0.29) is 12.0 Å². The average Bonchev–Trinajstić information content (AvgIpc) is 2.75. The van der Waals surface area contributed by atoms with Gasteiger partial charge in [0.1, 0.15) is 17.5 Å². The van der Waals surface area contributed by atoms with Crippen molar-refractivity contribution in [2.75, 3.05) is 13.7 Å². The summed E-state index contributed by atoms with van der Waals surface area (Å²) in [5.41, 5.74) is 2.46. The molecule has 170 valence electrons. The maximum absolute atomic E-state index is 13.1. The van der Waals surface area contributed by atoms with Crippen LogP contribution in [-0.4, -0.2) is 55.3 Å². The van der Waals surface area contributed by atoms with Crippen molar-refractivity contribution in [3.63, 3.8) is 0 Å². The number of allylic oxidation sites excluding steroid dienone is 3. The molecule has 1 atom stereocenters.